The van der Waals surface area contributed by atoms with E-state index in [2.05, 4.69) is 10.6 Å². The van der Waals surface area contributed by atoms with Crippen LogP contribution in [-0.4, -0.2) is 55.5 Å². The molecule has 9 heteroatoms. The number of hydrogen-bond donors (Lipinski definition) is 2. The summed E-state index contributed by atoms with van der Waals surface area (Å²) in [7, 11) is 0. The number of piperazine rings is 1. The highest BCUT2D eigenvalue weighted by molar-refractivity contribution is 5.97. The molecule has 32 heavy (non-hydrogen) atoms. The zero-order valence-electron chi connectivity index (χ0n) is 17.7. The smallest absolute Gasteiger partial charge is 0.258 e. The molecular weight excluding hydrogens is 412 g/mol. The molecule has 3 rings (SSSR count). The molecule has 3 amide bonds. The fourth-order valence-corrected chi connectivity index (χ4v) is 3.12. The Labute approximate surface area is 185 Å². The standard InChI is InChI=1S/C23H24N4O5/c1-2-31-20-11-17(12-24)5-8-19(20)32-15-22(29)26-13-16-3-6-18(7-4-16)23(30)27-10-9-25-21(28)14-27/h3-8,11H,2,9-10,13-15H2,1H3,(H,25,28)(H,26,29). The molecule has 2 N–H and O–H groups in total. The second-order valence-corrected chi connectivity index (χ2v) is 7.05. The normalized spacial score (nSPS) is 13.0. The third-order valence-electron chi connectivity index (χ3n) is 4.75. The lowest BCUT2D eigenvalue weighted by molar-refractivity contribution is -0.124. The molecular formula is C23H24N4O5. The first-order chi connectivity index (χ1) is 15.5. The average Bonchev–Trinajstić information content (AvgIpc) is 2.82. The van der Waals surface area contributed by atoms with Crippen molar-refractivity contribution in [3.63, 3.8) is 0 Å². The van der Waals surface area contributed by atoms with Gasteiger partial charge in [-0.25, -0.2) is 0 Å². The Bertz CT molecular complexity index is 1030. The highest BCUT2D eigenvalue weighted by Crippen LogP contribution is 2.28. The summed E-state index contributed by atoms with van der Waals surface area (Å²) in [6, 6.07) is 13.7. The van der Waals surface area contributed by atoms with Crippen LogP contribution < -0.4 is 20.1 Å². The van der Waals surface area contributed by atoms with Gasteiger partial charge in [-0.05, 0) is 36.8 Å². The largest absolute Gasteiger partial charge is 0.490 e. The molecule has 2 aromatic carbocycles. The van der Waals surface area contributed by atoms with Crippen molar-refractivity contribution in [3.05, 3.63) is 59.2 Å². The van der Waals surface area contributed by atoms with Gasteiger partial charge in [-0.15, -0.1) is 0 Å². The van der Waals surface area contributed by atoms with E-state index in [4.69, 9.17) is 14.7 Å². The Kier molecular flexibility index (Phi) is 7.65. The molecule has 0 atom stereocenters. The van der Waals surface area contributed by atoms with Gasteiger partial charge in [-0.2, -0.15) is 5.26 Å². The second-order valence-electron chi connectivity index (χ2n) is 7.05. The van der Waals surface area contributed by atoms with E-state index in [0.717, 1.165) is 5.56 Å². The third kappa shape index (κ3) is 5.98. The van der Waals surface area contributed by atoms with Crippen molar-refractivity contribution in [3.8, 4) is 17.6 Å². The van der Waals surface area contributed by atoms with Crippen LogP contribution in [0.3, 0.4) is 0 Å². The molecule has 166 valence electrons. The quantitative estimate of drug-likeness (QED) is 0.642. The minimum Gasteiger partial charge on any atom is -0.490 e. The summed E-state index contributed by atoms with van der Waals surface area (Å²) < 4.78 is 11.0. The van der Waals surface area contributed by atoms with Crippen LogP contribution in [-0.2, 0) is 16.1 Å². The third-order valence-corrected chi connectivity index (χ3v) is 4.75. The first kappa shape index (κ1) is 22.6. The molecule has 0 bridgehead atoms. The fraction of sp³-hybridized carbons (Fsp3) is 0.304. The monoisotopic (exact) mass is 436 g/mol. The summed E-state index contributed by atoms with van der Waals surface area (Å²) in [5.41, 5.74) is 1.75. The minimum absolute atomic E-state index is 0.0564. The Morgan fingerprint density at radius 3 is 2.62 bits per heavy atom. The molecule has 1 aliphatic heterocycles. The molecule has 0 spiro atoms. The van der Waals surface area contributed by atoms with Crippen LogP contribution in [0.5, 0.6) is 11.5 Å². The molecule has 2 aromatic rings. The number of nitrogens with one attached hydrogen (secondary N) is 2. The number of hydrogen-bond acceptors (Lipinski definition) is 6. The van der Waals surface area contributed by atoms with E-state index in [-0.39, 0.29) is 37.4 Å². The Morgan fingerprint density at radius 1 is 1.16 bits per heavy atom. The van der Waals surface area contributed by atoms with Crippen molar-refractivity contribution in [1.82, 2.24) is 15.5 Å². The van der Waals surface area contributed by atoms with Crippen molar-refractivity contribution in [2.45, 2.75) is 13.5 Å². The minimum atomic E-state index is -0.323. The van der Waals surface area contributed by atoms with E-state index in [9.17, 15) is 14.4 Å². The number of benzene rings is 2. The van der Waals surface area contributed by atoms with Gasteiger partial charge < -0.3 is 25.0 Å². The second kappa shape index (κ2) is 10.8. The number of ether oxygens (including phenoxy) is 2. The lowest BCUT2D eigenvalue weighted by Gasteiger charge is -2.26. The van der Waals surface area contributed by atoms with E-state index < -0.39 is 0 Å². The molecule has 9 nitrogen and oxygen atoms in total. The molecule has 0 saturated carbocycles. The average molecular weight is 436 g/mol. The van der Waals surface area contributed by atoms with Crippen molar-refractivity contribution < 1.29 is 23.9 Å². The van der Waals surface area contributed by atoms with Gasteiger partial charge in [0.1, 0.15) is 0 Å². The van der Waals surface area contributed by atoms with Crippen molar-refractivity contribution in [1.29, 1.82) is 5.26 Å². The number of nitrogens with zero attached hydrogens (tertiary/aromatic N) is 2. The summed E-state index contributed by atoms with van der Waals surface area (Å²) >= 11 is 0. The maximum atomic E-state index is 12.5. The van der Waals surface area contributed by atoms with Crippen molar-refractivity contribution in [2.24, 2.45) is 0 Å². The highest BCUT2D eigenvalue weighted by atomic mass is 16.5. The molecule has 0 radical (unpaired) electrons. The molecule has 0 aliphatic carbocycles. The number of carbonyl (C=O) groups excluding carboxylic acids is 3. The summed E-state index contributed by atoms with van der Waals surface area (Å²) in [4.78, 5) is 37.6. The molecule has 1 fully saturated rings. The first-order valence-corrected chi connectivity index (χ1v) is 10.2. The Hall–Kier alpha value is -4.06. The molecule has 0 aromatic heterocycles. The van der Waals surface area contributed by atoms with Gasteiger partial charge in [0.15, 0.2) is 18.1 Å². The van der Waals surface area contributed by atoms with Crippen LogP contribution in [0.4, 0.5) is 0 Å². The van der Waals surface area contributed by atoms with Crippen LogP contribution >= 0.6 is 0 Å². The molecule has 1 saturated heterocycles. The van der Waals surface area contributed by atoms with E-state index in [0.29, 0.717) is 42.3 Å². The Balaban J connectivity index is 1.49. The Morgan fingerprint density at radius 2 is 1.94 bits per heavy atom. The van der Waals surface area contributed by atoms with Crippen LogP contribution in [0, 0.1) is 11.3 Å². The highest BCUT2D eigenvalue weighted by Gasteiger charge is 2.22. The van der Waals surface area contributed by atoms with Gasteiger partial charge in [0, 0.05) is 31.3 Å². The van der Waals surface area contributed by atoms with Crippen LogP contribution in [0.2, 0.25) is 0 Å². The predicted octanol–water partition coefficient (Wildman–Crippen LogP) is 1.22. The van der Waals surface area contributed by atoms with Gasteiger partial charge in [-0.3, -0.25) is 14.4 Å². The predicted molar refractivity (Wildman–Crippen MR) is 115 cm³/mol. The number of amides is 3. The van der Waals surface area contributed by atoms with Crippen LogP contribution in [0.25, 0.3) is 0 Å². The van der Waals surface area contributed by atoms with Crippen LogP contribution in [0.1, 0.15) is 28.4 Å². The van der Waals surface area contributed by atoms with Gasteiger partial charge in [0.25, 0.3) is 11.8 Å². The van der Waals surface area contributed by atoms with E-state index in [1.54, 1.807) is 42.5 Å². The van der Waals surface area contributed by atoms with Gasteiger partial charge >= 0.3 is 0 Å². The summed E-state index contributed by atoms with van der Waals surface area (Å²) in [5.74, 6) is 0.106. The van der Waals surface area contributed by atoms with Gasteiger partial charge in [0.2, 0.25) is 5.91 Å². The van der Waals surface area contributed by atoms with E-state index in [1.807, 2.05) is 13.0 Å². The van der Waals surface area contributed by atoms with E-state index >= 15 is 0 Å². The SMILES string of the molecule is CCOc1cc(C#N)ccc1OCC(=O)NCc1ccc(C(=O)N2CCNC(=O)C2)cc1. The zero-order chi connectivity index (χ0) is 22.9. The lowest BCUT2D eigenvalue weighted by Crippen LogP contribution is -2.49. The summed E-state index contributed by atoms with van der Waals surface area (Å²) in [6.45, 7) is 3.27. The molecule has 0 unspecified atom stereocenters. The number of nitriles is 1. The lowest BCUT2D eigenvalue weighted by atomic mass is 10.1. The number of rotatable bonds is 8. The van der Waals surface area contributed by atoms with Gasteiger partial charge in [-0.1, -0.05) is 12.1 Å². The molecule has 1 aliphatic rings. The zero-order valence-corrected chi connectivity index (χ0v) is 17.7. The fourth-order valence-electron chi connectivity index (χ4n) is 3.12. The van der Waals surface area contributed by atoms with Crippen LogP contribution in [0.15, 0.2) is 42.5 Å². The van der Waals surface area contributed by atoms with Crippen molar-refractivity contribution >= 4 is 17.7 Å². The van der Waals surface area contributed by atoms with Gasteiger partial charge in [0.05, 0.1) is 24.8 Å². The van der Waals surface area contributed by atoms with Crippen molar-refractivity contribution in [2.75, 3.05) is 32.8 Å². The maximum absolute atomic E-state index is 12.5. The first-order valence-electron chi connectivity index (χ1n) is 10.2. The number of carbonyl (C=O) groups is 3. The maximum Gasteiger partial charge on any atom is 0.258 e. The summed E-state index contributed by atoms with van der Waals surface area (Å²) in [5, 5.41) is 14.4. The van der Waals surface area contributed by atoms with E-state index in [1.165, 1.54) is 4.90 Å². The topological polar surface area (TPSA) is 121 Å². The molecule has 1 heterocycles. The summed E-state index contributed by atoms with van der Waals surface area (Å²) in [6.07, 6.45) is 0.